The highest BCUT2D eigenvalue weighted by atomic mass is 31.0. The van der Waals surface area contributed by atoms with Gasteiger partial charge in [0.1, 0.15) is 15.0 Å². The van der Waals surface area contributed by atoms with E-state index in [1.165, 1.54) is 0 Å². The lowest BCUT2D eigenvalue weighted by Crippen LogP contribution is -2.26. The fraction of sp³-hybridized carbons (Fsp3) is 0.333. The molecular formula is C21H25O4P. The Morgan fingerprint density at radius 1 is 0.962 bits per heavy atom. The van der Waals surface area contributed by atoms with Gasteiger partial charge in [-0.1, -0.05) is 61.9 Å². The second-order valence-electron chi connectivity index (χ2n) is 6.00. The first-order chi connectivity index (χ1) is 12.6. The highest BCUT2D eigenvalue weighted by Crippen LogP contribution is 2.26. The smallest absolute Gasteiger partial charge is 0.321 e. The molecule has 138 valence electrons. The average Bonchev–Trinajstić information content (AvgIpc) is 2.64. The second-order valence-corrected chi connectivity index (χ2v) is 6.00. The molecule has 1 unspecified atom stereocenters. The Labute approximate surface area is 157 Å². The first-order valence-electron chi connectivity index (χ1n) is 8.58. The zero-order chi connectivity index (χ0) is 19.5. The first-order valence-corrected chi connectivity index (χ1v) is 8.99. The van der Waals surface area contributed by atoms with Crippen LogP contribution in [0.15, 0.2) is 48.5 Å². The van der Waals surface area contributed by atoms with Crippen molar-refractivity contribution in [1.29, 1.82) is 0 Å². The molecule has 0 radical (unpaired) electrons. The van der Waals surface area contributed by atoms with Crippen molar-refractivity contribution in [1.82, 2.24) is 0 Å². The largest absolute Gasteiger partial charge is 0.465 e. The topological polar surface area (TPSA) is 60.4 Å². The second kappa shape index (κ2) is 11.3. The van der Waals surface area contributed by atoms with Crippen LogP contribution in [0.25, 0.3) is 0 Å². The molecule has 0 saturated heterocycles. The Hall–Kier alpha value is -2.32. The van der Waals surface area contributed by atoms with Gasteiger partial charge in [0.05, 0.1) is 6.61 Å². The minimum absolute atomic E-state index is 0.196. The highest BCUT2D eigenvalue weighted by molar-refractivity contribution is 7.00. The van der Waals surface area contributed by atoms with E-state index < -0.39 is 11.9 Å². The Kier molecular flexibility index (Phi) is 9.46. The van der Waals surface area contributed by atoms with Gasteiger partial charge < -0.3 is 4.74 Å². The summed E-state index contributed by atoms with van der Waals surface area (Å²) in [5.41, 5.74) is 3.04. The number of carbonyl (C=O) groups excluding carboxylic acids is 2. The molecule has 0 aromatic heterocycles. The molecule has 0 spiro atoms. The molecule has 0 heterocycles. The summed E-state index contributed by atoms with van der Waals surface area (Å²) in [4.78, 5) is 25.8. The fourth-order valence-corrected chi connectivity index (χ4v) is 2.79. The third-order valence-corrected chi connectivity index (χ3v) is 4.10. The maximum absolute atomic E-state index is 13.2. The van der Waals surface area contributed by atoms with Crippen LogP contribution in [0.3, 0.4) is 0 Å². The van der Waals surface area contributed by atoms with Crippen LogP contribution < -0.4 is 0 Å². The van der Waals surface area contributed by atoms with Crippen LogP contribution in [0.1, 0.15) is 52.7 Å². The highest BCUT2D eigenvalue weighted by Gasteiger charge is 2.32. The molecule has 0 aliphatic rings. The van der Waals surface area contributed by atoms with E-state index in [9.17, 15) is 9.59 Å². The van der Waals surface area contributed by atoms with Gasteiger partial charge in [0.25, 0.3) is 0 Å². The van der Waals surface area contributed by atoms with Crippen molar-refractivity contribution in [3.05, 3.63) is 70.8 Å². The van der Waals surface area contributed by atoms with Crippen LogP contribution in [0, 0.1) is 13.8 Å². The predicted octanol–water partition coefficient (Wildman–Crippen LogP) is 5.09. The Morgan fingerprint density at radius 2 is 1.54 bits per heavy atom. The zero-order valence-corrected chi connectivity index (χ0v) is 16.5. The molecule has 5 heteroatoms. The molecule has 0 fully saturated rings. The normalized spacial score (nSPS) is 11.0. The number of aryl methyl sites for hydroxylation is 2. The first kappa shape index (κ1) is 21.7. The van der Waals surface area contributed by atoms with E-state index in [4.69, 9.17) is 9.30 Å². The lowest BCUT2D eigenvalue weighted by Gasteiger charge is -2.18. The molecule has 0 saturated carbocycles. The van der Waals surface area contributed by atoms with Crippen molar-refractivity contribution in [3.8, 4) is 0 Å². The summed E-state index contributed by atoms with van der Waals surface area (Å²) in [6, 6.07) is 14.8. The minimum Gasteiger partial charge on any atom is -0.465 e. The molecular weight excluding hydrogens is 347 g/mol. The molecule has 0 amide bonds. The summed E-state index contributed by atoms with van der Waals surface area (Å²) >= 11 is 0. The van der Waals surface area contributed by atoms with Crippen LogP contribution in [0.5, 0.6) is 0 Å². The Bertz CT molecular complexity index is 708. The molecule has 0 bridgehead atoms. The molecule has 0 aliphatic carbocycles. The van der Waals surface area contributed by atoms with Gasteiger partial charge in [-0.2, -0.15) is 0 Å². The van der Waals surface area contributed by atoms with Gasteiger partial charge in [-0.05, 0) is 37.0 Å². The number of rotatable bonds is 7. The van der Waals surface area contributed by atoms with E-state index in [1.807, 2.05) is 57.2 Å². The van der Waals surface area contributed by atoms with Gasteiger partial charge in [-0.3, -0.25) is 14.2 Å². The number of Topliss-reactive ketones (excluding diaryl/α,β-unsaturated/α-hetero) is 1. The number of esters is 1. The number of ketones is 1. The molecule has 2 rings (SSSR count). The SMILES string of the molecule is CCCCOC(=O)C(C(=O)c1c(C)cccc1C)c1ccccc1.O=P. The number of hydrogen-bond acceptors (Lipinski definition) is 4. The molecule has 2 aromatic rings. The molecule has 0 aliphatic heterocycles. The van der Waals surface area contributed by atoms with Crippen LogP contribution in [0.2, 0.25) is 0 Å². The predicted molar refractivity (Wildman–Crippen MR) is 104 cm³/mol. The lowest BCUT2D eigenvalue weighted by molar-refractivity contribution is -0.144. The van der Waals surface area contributed by atoms with Crippen molar-refractivity contribution >= 4 is 20.9 Å². The zero-order valence-electron chi connectivity index (χ0n) is 15.5. The number of carbonyl (C=O) groups is 2. The summed E-state index contributed by atoms with van der Waals surface area (Å²) in [5.74, 6) is -1.58. The summed E-state index contributed by atoms with van der Waals surface area (Å²) in [6.07, 6.45) is 1.74. The van der Waals surface area contributed by atoms with E-state index in [0.717, 1.165) is 24.0 Å². The molecule has 1 atom stereocenters. The van der Waals surface area contributed by atoms with Crippen molar-refractivity contribution in [3.63, 3.8) is 0 Å². The van der Waals surface area contributed by atoms with E-state index >= 15 is 0 Å². The van der Waals surface area contributed by atoms with E-state index in [-0.39, 0.29) is 5.78 Å². The van der Waals surface area contributed by atoms with Crippen LogP contribution >= 0.6 is 9.12 Å². The molecule has 4 nitrogen and oxygen atoms in total. The number of benzene rings is 2. The maximum Gasteiger partial charge on any atom is 0.321 e. The Morgan fingerprint density at radius 3 is 2.08 bits per heavy atom. The van der Waals surface area contributed by atoms with Gasteiger partial charge in [0, 0.05) is 5.56 Å². The molecule has 2 aromatic carbocycles. The van der Waals surface area contributed by atoms with Crippen molar-refractivity contribution in [2.24, 2.45) is 0 Å². The quantitative estimate of drug-likeness (QED) is 0.223. The van der Waals surface area contributed by atoms with Crippen LogP contribution in [-0.4, -0.2) is 18.4 Å². The summed E-state index contributed by atoms with van der Waals surface area (Å²) < 4.78 is 13.4. The Balaban J connectivity index is 0.00000163. The summed E-state index contributed by atoms with van der Waals surface area (Å²) in [5, 5.41) is 0. The van der Waals surface area contributed by atoms with Gasteiger partial charge in [0.15, 0.2) is 5.78 Å². The van der Waals surface area contributed by atoms with Gasteiger partial charge in [-0.25, -0.2) is 0 Å². The van der Waals surface area contributed by atoms with Crippen LogP contribution in [-0.2, 0) is 14.1 Å². The lowest BCUT2D eigenvalue weighted by atomic mass is 9.87. The fourth-order valence-electron chi connectivity index (χ4n) is 2.79. The summed E-state index contributed by atoms with van der Waals surface area (Å²) in [6.45, 7) is 6.17. The summed E-state index contributed by atoms with van der Waals surface area (Å²) in [7, 11) is 1.72. The number of unbranched alkanes of at least 4 members (excludes halogenated alkanes) is 1. The van der Waals surface area contributed by atoms with E-state index in [0.29, 0.717) is 17.7 Å². The minimum atomic E-state index is -0.914. The molecule has 26 heavy (non-hydrogen) atoms. The number of ether oxygens (including phenoxy) is 1. The van der Waals surface area contributed by atoms with E-state index in [2.05, 4.69) is 0 Å². The van der Waals surface area contributed by atoms with Crippen molar-refractivity contribution in [2.75, 3.05) is 6.61 Å². The van der Waals surface area contributed by atoms with Crippen molar-refractivity contribution in [2.45, 2.75) is 39.5 Å². The average molecular weight is 372 g/mol. The monoisotopic (exact) mass is 372 g/mol. The molecule has 0 N–H and O–H groups in total. The standard InChI is InChI=1S/C21H24O3.HOP/c1-4-5-14-24-21(23)19(17-12-7-6-8-13-17)20(22)18-15(2)10-9-11-16(18)3;1-2/h6-13,19H,4-5,14H2,1-3H3;2H. The van der Waals surface area contributed by atoms with Gasteiger partial charge in [0.2, 0.25) is 0 Å². The van der Waals surface area contributed by atoms with Crippen LogP contribution in [0.4, 0.5) is 0 Å². The van der Waals surface area contributed by atoms with Crippen molar-refractivity contribution < 1.29 is 18.9 Å². The van der Waals surface area contributed by atoms with Gasteiger partial charge in [-0.15, -0.1) is 0 Å². The van der Waals surface area contributed by atoms with E-state index in [1.54, 1.807) is 21.3 Å². The third kappa shape index (κ3) is 5.60. The van der Waals surface area contributed by atoms with Gasteiger partial charge >= 0.3 is 5.97 Å². The maximum atomic E-state index is 13.2. The number of hydrogen-bond donors (Lipinski definition) is 0. The third-order valence-electron chi connectivity index (χ3n) is 4.10.